The van der Waals surface area contributed by atoms with Crippen LogP contribution in [0.15, 0.2) is 60.9 Å². The molecular weight excluding hydrogens is 332 g/mol. The van der Waals surface area contributed by atoms with Crippen LogP contribution in [0.5, 0.6) is 0 Å². The van der Waals surface area contributed by atoms with E-state index in [2.05, 4.69) is 50.5 Å². The van der Waals surface area contributed by atoms with Crippen molar-refractivity contribution < 1.29 is 0 Å². The standard InChI is InChI=1S/C20H19ClN4/c21-17-6-3-4-15(12-17)8-10-22-19-13-20(24-14-23-19)25-11-9-16-5-1-2-7-18(16)25/h1-7,12-14H,8-11H2,(H,22,23,24). The van der Waals surface area contributed by atoms with E-state index in [1.807, 2.05) is 24.3 Å². The molecule has 0 radical (unpaired) electrons. The van der Waals surface area contributed by atoms with Crippen molar-refractivity contribution in [2.24, 2.45) is 0 Å². The van der Waals surface area contributed by atoms with Gasteiger partial charge < -0.3 is 10.2 Å². The van der Waals surface area contributed by atoms with E-state index in [9.17, 15) is 0 Å². The molecule has 0 amide bonds. The van der Waals surface area contributed by atoms with Crippen LogP contribution >= 0.6 is 11.6 Å². The van der Waals surface area contributed by atoms with Gasteiger partial charge in [-0.2, -0.15) is 0 Å². The van der Waals surface area contributed by atoms with Gasteiger partial charge in [0, 0.05) is 29.9 Å². The molecule has 0 aliphatic carbocycles. The first-order valence-electron chi connectivity index (χ1n) is 8.45. The minimum Gasteiger partial charge on any atom is -0.370 e. The number of halogens is 1. The number of anilines is 3. The fourth-order valence-electron chi connectivity index (χ4n) is 3.19. The van der Waals surface area contributed by atoms with Crippen LogP contribution in [0.1, 0.15) is 11.1 Å². The van der Waals surface area contributed by atoms with Crippen molar-refractivity contribution in [2.75, 3.05) is 23.3 Å². The van der Waals surface area contributed by atoms with Crippen LogP contribution in [0.4, 0.5) is 17.3 Å². The van der Waals surface area contributed by atoms with E-state index in [1.165, 1.54) is 16.8 Å². The van der Waals surface area contributed by atoms with E-state index >= 15 is 0 Å². The van der Waals surface area contributed by atoms with Gasteiger partial charge in [-0.05, 0) is 42.2 Å². The highest BCUT2D eigenvalue weighted by Crippen LogP contribution is 2.33. The van der Waals surface area contributed by atoms with Crippen molar-refractivity contribution in [3.05, 3.63) is 77.1 Å². The summed E-state index contributed by atoms with van der Waals surface area (Å²) < 4.78 is 0. The van der Waals surface area contributed by atoms with Gasteiger partial charge in [0.25, 0.3) is 0 Å². The molecule has 1 aliphatic rings. The first-order chi connectivity index (χ1) is 12.3. The lowest BCUT2D eigenvalue weighted by molar-refractivity contribution is 0.956. The lowest BCUT2D eigenvalue weighted by Gasteiger charge is -2.18. The smallest absolute Gasteiger partial charge is 0.138 e. The Morgan fingerprint density at radius 3 is 2.88 bits per heavy atom. The number of nitrogens with one attached hydrogen (secondary N) is 1. The zero-order valence-corrected chi connectivity index (χ0v) is 14.6. The Labute approximate surface area is 152 Å². The molecule has 4 rings (SSSR count). The Kier molecular flexibility index (Phi) is 4.53. The quantitative estimate of drug-likeness (QED) is 0.736. The van der Waals surface area contributed by atoms with E-state index in [-0.39, 0.29) is 0 Å². The molecule has 4 nitrogen and oxygen atoms in total. The number of para-hydroxylation sites is 1. The van der Waals surface area contributed by atoms with E-state index in [1.54, 1.807) is 6.33 Å². The van der Waals surface area contributed by atoms with Crippen LogP contribution in [-0.4, -0.2) is 23.1 Å². The van der Waals surface area contributed by atoms with E-state index < -0.39 is 0 Å². The van der Waals surface area contributed by atoms with Gasteiger partial charge in [-0.3, -0.25) is 0 Å². The second-order valence-electron chi connectivity index (χ2n) is 6.10. The lowest BCUT2D eigenvalue weighted by Crippen LogP contribution is -2.15. The molecule has 126 valence electrons. The summed E-state index contributed by atoms with van der Waals surface area (Å²) in [6.45, 7) is 1.76. The van der Waals surface area contributed by atoms with Gasteiger partial charge in [-0.1, -0.05) is 41.9 Å². The summed E-state index contributed by atoms with van der Waals surface area (Å²) in [6, 6.07) is 18.5. The molecule has 5 heteroatoms. The van der Waals surface area contributed by atoms with Gasteiger partial charge in [0.15, 0.2) is 0 Å². The second-order valence-corrected chi connectivity index (χ2v) is 6.53. The number of hydrogen-bond donors (Lipinski definition) is 1. The third-order valence-corrected chi connectivity index (χ3v) is 4.66. The number of hydrogen-bond acceptors (Lipinski definition) is 4. The molecule has 0 bridgehead atoms. The normalized spacial score (nSPS) is 12.9. The summed E-state index contributed by atoms with van der Waals surface area (Å²) in [5, 5.41) is 4.15. The molecular formula is C20H19ClN4. The zero-order valence-electron chi connectivity index (χ0n) is 13.8. The zero-order chi connectivity index (χ0) is 17.1. The van der Waals surface area contributed by atoms with Gasteiger partial charge in [0.1, 0.15) is 18.0 Å². The molecule has 2 heterocycles. The van der Waals surface area contributed by atoms with Crippen molar-refractivity contribution in [1.29, 1.82) is 0 Å². The lowest BCUT2D eigenvalue weighted by atomic mass is 10.1. The molecule has 1 N–H and O–H groups in total. The number of rotatable bonds is 5. The molecule has 3 aromatic rings. The Hall–Kier alpha value is -2.59. The van der Waals surface area contributed by atoms with Gasteiger partial charge in [-0.15, -0.1) is 0 Å². The summed E-state index contributed by atoms with van der Waals surface area (Å²) in [5.41, 5.74) is 3.82. The predicted molar refractivity (Wildman–Crippen MR) is 103 cm³/mol. The fourth-order valence-corrected chi connectivity index (χ4v) is 3.41. The van der Waals surface area contributed by atoms with Gasteiger partial charge in [0.05, 0.1) is 0 Å². The van der Waals surface area contributed by atoms with Crippen LogP contribution in [0.25, 0.3) is 0 Å². The largest absolute Gasteiger partial charge is 0.370 e. The molecule has 0 saturated heterocycles. The van der Waals surface area contributed by atoms with Crippen molar-refractivity contribution in [1.82, 2.24) is 9.97 Å². The number of aromatic nitrogens is 2. The molecule has 0 spiro atoms. The maximum absolute atomic E-state index is 6.03. The number of nitrogens with zero attached hydrogens (tertiary/aromatic N) is 3. The summed E-state index contributed by atoms with van der Waals surface area (Å²) in [6.07, 6.45) is 3.57. The second kappa shape index (κ2) is 7.11. The van der Waals surface area contributed by atoms with Gasteiger partial charge in [0.2, 0.25) is 0 Å². The van der Waals surface area contributed by atoms with E-state index in [0.717, 1.165) is 42.6 Å². The topological polar surface area (TPSA) is 41.0 Å². The highest BCUT2D eigenvalue weighted by Gasteiger charge is 2.20. The average Bonchev–Trinajstić information content (AvgIpc) is 3.06. The highest BCUT2D eigenvalue weighted by atomic mass is 35.5. The van der Waals surface area contributed by atoms with Crippen molar-refractivity contribution in [3.8, 4) is 0 Å². The van der Waals surface area contributed by atoms with Crippen molar-refractivity contribution in [3.63, 3.8) is 0 Å². The monoisotopic (exact) mass is 350 g/mol. The third-order valence-electron chi connectivity index (χ3n) is 4.43. The van der Waals surface area contributed by atoms with Gasteiger partial charge in [-0.25, -0.2) is 9.97 Å². The molecule has 0 atom stereocenters. The number of fused-ring (bicyclic) bond motifs is 1. The van der Waals surface area contributed by atoms with E-state index in [0.29, 0.717) is 0 Å². The molecule has 1 aromatic heterocycles. The Morgan fingerprint density at radius 2 is 1.96 bits per heavy atom. The molecule has 1 aliphatic heterocycles. The predicted octanol–water partition coefficient (Wildman–Crippen LogP) is 4.48. The maximum Gasteiger partial charge on any atom is 0.138 e. The van der Waals surface area contributed by atoms with Crippen LogP contribution < -0.4 is 10.2 Å². The highest BCUT2D eigenvalue weighted by molar-refractivity contribution is 6.30. The molecule has 0 unspecified atom stereocenters. The first-order valence-corrected chi connectivity index (χ1v) is 8.83. The van der Waals surface area contributed by atoms with Crippen LogP contribution in [0.3, 0.4) is 0 Å². The Bertz CT molecular complexity index is 881. The van der Waals surface area contributed by atoms with Gasteiger partial charge >= 0.3 is 0 Å². The Morgan fingerprint density at radius 1 is 1.04 bits per heavy atom. The SMILES string of the molecule is Clc1cccc(CCNc2cc(N3CCc4ccccc43)ncn2)c1. The maximum atomic E-state index is 6.03. The number of benzene rings is 2. The van der Waals surface area contributed by atoms with Crippen molar-refractivity contribution >= 4 is 28.9 Å². The molecule has 2 aromatic carbocycles. The first kappa shape index (κ1) is 15.9. The molecule has 25 heavy (non-hydrogen) atoms. The summed E-state index contributed by atoms with van der Waals surface area (Å²) in [7, 11) is 0. The minimum absolute atomic E-state index is 0.773. The summed E-state index contributed by atoms with van der Waals surface area (Å²) >= 11 is 6.03. The minimum atomic E-state index is 0.773. The van der Waals surface area contributed by atoms with Crippen LogP contribution in [0.2, 0.25) is 5.02 Å². The average molecular weight is 351 g/mol. The molecule has 0 fully saturated rings. The van der Waals surface area contributed by atoms with Crippen LogP contribution in [-0.2, 0) is 12.8 Å². The van der Waals surface area contributed by atoms with Crippen molar-refractivity contribution in [2.45, 2.75) is 12.8 Å². The fraction of sp³-hybridized carbons (Fsp3) is 0.200. The summed E-state index contributed by atoms with van der Waals surface area (Å²) in [5.74, 6) is 1.78. The summed E-state index contributed by atoms with van der Waals surface area (Å²) in [4.78, 5) is 11.0. The van der Waals surface area contributed by atoms with Crippen LogP contribution in [0, 0.1) is 0 Å². The Balaban J connectivity index is 1.44. The molecule has 0 saturated carbocycles. The van der Waals surface area contributed by atoms with E-state index in [4.69, 9.17) is 11.6 Å². The third kappa shape index (κ3) is 3.59.